The molecule has 4 nitrogen and oxygen atoms in total. The Morgan fingerprint density at radius 2 is 2.29 bits per heavy atom. The van der Waals surface area contributed by atoms with Crippen LogP contribution in [-0.4, -0.2) is 23.1 Å². The lowest BCUT2D eigenvalue weighted by Gasteiger charge is -2.21. The lowest BCUT2D eigenvalue weighted by molar-refractivity contribution is 0.435. The minimum Gasteiger partial charge on any atom is -0.368 e. The Bertz CT molecular complexity index is 353. The van der Waals surface area contributed by atoms with Crippen LogP contribution in [0, 0.1) is 5.92 Å². The van der Waals surface area contributed by atoms with Gasteiger partial charge in [-0.1, -0.05) is 19.8 Å². The lowest BCUT2D eigenvalue weighted by Crippen LogP contribution is -2.25. The van der Waals surface area contributed by atoms with Crippen LogP contribution in [0.5, 0.6) is 0 Å². The molecule has 1 aromatic heterocycles. The molecule has 0 bridgehead atoms. The van der Waals surface area contributed by atoms with E-state index < -0.39 is 0 Å². The van der Waals surface area contributed by atoms with Crippen molar-refractivity contribution < 1.29 is 0 Å². The molecule has 1 unspecified atom stereocenters. The minimum absolute atomic E-state index is 0.372. The van der Waals surface area contributed by atoms with E-state index in [0.29, 0.717) is 5.95 Å². The monoisotopic (exact) mass is 234 g/mol. The first-order valence-corrected chi connectivity index (χ1v) is 6.63. The molecule has 1 atom stereocenters. The molecule has 1 aliphatic heterocycles. The van der Waals surface area contributed by atoms with Gasteiger partial charge in [-0.2, -0.15) is 4.98 Å². The van der Waals surface area contributed by atoms with Crippen LogP contribution < -0.4 is 10.6 Å². The highest BCUT2D eigenvalue weighted by Crippen LogP contribution is 2.24. The summed E-state index contributed by atoms with van der Waals surface area (Å²) in [4.78, 5) is 10.6. The smallest absolute Gasteiger partial charge is 0.221 e. The second-order valence-electron chi connectivity index (χ2n) is 4.85. The molecule has 2 rings (SSSR count). The van der Waals surface area contributed by atoms with E-state index in [1.807, 2.05) is 6.07 Å². The van der Waals surface area contributed by atoms with Gasteiger partial charge in [-0.3, -0.25) is 0 Å². The predicted octanol–water partition coefficient (Wildman–Crippen LogP) is 2.47. The van der Waals surface area contributed by atoms with Crippen molar-refractivity contribution in [2.45, 2.75) is 39.0 Å². The first-order valence-electron chi connectivity index (χ1n) is 6.63. The van der Waals surface area contributed by atoms with Gasteiger partial charge in [0.25, 0.3) is 0 Å². The van der Waals surface area contributed by atoms with Gasteiger partial charge in [0.15, 0.2) is 0 Å². The number of nitrogens with two attached hydrogens (primary N) is 1. The molecule has 17 heavy (non-hydrogen) atoms. The van der Waals surface area contributed by atoms with Crippen LogP contribution in [0.3, 0.4) is 0 Å². The number of nitrogens with zero attached hydrogens (tertiary/aromatic N) is 3. The molecule has 0 amide bonds. The first kappa shape index (κ1) is 12.1. The molecule has 1 fully saturated rings. The van der Waals surface area contributed by atoms with Crippen molar-refractivity contribution in [3.63, 3.8) is 0 Å². The van der Waals surface area contributed by atoms with Crippen molar-refractivity contribution in [3.05, 3.63) is 12.3 Å². The highest BCUT2D eigenvalue weighted by Gasteiger charge is 2.17. The third-order valence-electron chi connectivity index (χ3n) is 3.53. The highest BCUT2D eigenvalue weighted by molar-refractivity contribution is 5.40. The van der Waals surface area contributed by atoms with Gasteiger partial charge in [-0.25, -0.2) is 4.98 Å². The summed E-state index contributed by atoms with van der Waals surface area (Å²) in [6, 6.07) is 1.95. The van der Waals surface area contributed by atoms with Crippen molar-refractivity contribution in [1.29, 1.82) is 0 Å². The van der Waals surface area contributed by atoms with E-state index in [-0.39, 0.29) is 0 Å². The number of nitrogen functional groups attached to an aromatic ring is 1. The van der Waals surface area contributed by atoms with Gasteiger partial charge in [-0.05, 0) is 31.2 Å². The third kappa shape index (κ3) is 3.32. The van der Waals surface area contributed by atoms with Gasteiger partial charge in [0.05, 0.1) is 0 Å². The molecule has 0 aromatic carbocycles. The highest BCUT2D eigenvalue weighted by atomic mass is 15.2. The number of rotatable bonds is 3. The largest absolute Gasteiger partial charge is 0.368 e. The Hall–Kier alpha value is -1.32. The maximum atomic E-state index is 5.63. The molecule has 0 aliphatic carbocycles. The second-order valence-corrected chi connectivity index (χ2v) is 4.85. The van der Waals surface area contributed by atoms with E-state index in [2.05, 4.69) is 21.8 Å². The van der Waals surface area contributed by atoms with Gasteiger partial charge in [-0.15, -0.1) is 0 Å². The van der Waals surface area contributed by atoms with E-state index in [1.54, 1.807) is 6.20 Å². The van der Waals surface area contributed by atoms with Crippen molar-refractivity contribution >= 4 is 11.8 Å². The molecule has 2 heterocycles. The molecule has 0 radical (unpaired) electrons. The van der Waals surface area contributed by atoms with Gasteiger partial charge in [0, 0.05) is 19.3 Å². The summed E-state index contributed by atoms with van der Waals surface area (Å²) in [6.45, 7) is 4.46. The van der Waals surface area contributed by atoms with Crippen molar-refractivity contribution in [2.75, 3.05) is 23.7 Å². The molecule has 4 heteroatoms. The average Bonchev–Trinajstić information content (AvgIpc) is 2.55. The zero-order valence-corrected chi connectivity index (χ0v) is 10.6. The summed E-state index contributed by atoms with van der Waals surface area (Å²) in [5.41, 5.74) is 5.63. The lowest BCUT2D eigenvalue weighted by atomic mass is 9.96. The molecule has 0 saturated carbocycles. The van der Waals surface area contributed by atoms with Crippen LogP contribution in [0.1, 0.15) is 39.0 Å². The van der Waals surface area contributed by atoms with Crippen LogP contribution in [0.15, 0.2) is 12.3 Å². The number of aromatic nitrogens is 2. The zero-order chi connectivity index (χ0) is 12.1. The fraction of sp³-hybridized carbons (Fsp3) is 0.692. The Labute approximate surface area is 103 Å². The topological polar surface area (TPSA) is 55.0 Å². The summed E-state index contributed by atoms with van der Waals surface area (Å²) in [7, 11) is 0. The summed E-state index contributed by atoms with van der Waals surface area (Å²) in [6.07, 6.45) is 8.29. The fourth-order valence-corrected chi connectivity index (χ4v) is 2.63. The molecule has 0 spiro atoms. The van der Waals surface area contributed by atoms with Crippen LogP contribution in [-0.2, 0) is 0 Å². The van der Waals surface area contributed by atoms with Crippen LogP contribution in [0.25, 0.3) is 0 Å². The zero-order valence-electron chi connectivity index (χ0n) is 10.6. The number of hydrogen-bond donors (Lipinski definition) is 1. The summed E-state index contributed by atoms with van der Waals surface area (Å²) in [5.74, 6) is 2.25. The molecular weight excluding hydrogens is 212 g/mol. The molecule has 94 valence electrons. The minimum atomic E-state index is 0.372. The van der Waals surface area contributed by atoms with Crippen molar-refractivity contribution in [3.8, 4) is 0 Å². The van der Waals surface area contributed by atoms with E-state index in [1.165, 1.54) is 32.1 Å². The maximum Gasteiger partial charge on any atom is 0.221 e. The SMILES string of the molecule is CCCC1CCCN(c2ccnc(N)n2)CC1. The predicted molar refractivity (Wildman–Crippen MR) is 70.9 cm³/mol. The first-order chi connectivity index (χ1) is 8.29. The van der Waals surface area contributed by atoms with Crippen LogP contribution in [0.4, 0.5) is 11.8 Å². The normalized spacial score (nSPS) is 21.2. The molecule has 2 N–H and O–H groups in total. The Morgan fingerprint density at radius 3 is 3.06 bits per heavy atom. The second kappa shape index (κ2) is 5.84. The average molecular weight is 234 g/mol. The van der Waals surface area contributed by atoms with E-state index in [9.17, 15) is 0 Å². The van der Waals surface area contributed by atoms with Crippen molar-refractivity contribution in [1.82, 2.24) is 9.97 Å². The molecule has 1 aliphatic rings. The number of hydrogen-bond acceptors (Lipinski definition) is 4. The Balaban J connectivity index is 1.99. The Morgan fingerprint density at radius 1 is 1.41 bits per heavy atom. The van der Waals surface area contributed by atoms with Crippen molar-refractivity contribution in [2.24, 2.45) is 5.92 Å². The molecule has 1 saturated heterocycles. The standard InChI is InChI=1S/C13H22N4/c1-2-4-11-5-3-9-17(10-7-11)12-6-8-15-13(14)16-12/h6,8,11H,2-5,7,9-10H2,1H3,(H2,14,15,16). The molecular formula is C13H22N4. The van der Waals surface area contributed by atoms with Crippen LogP contribution in [0.2, 0.25) is 0 Å². The Kier molecular flexibility index (Phi) is 4.18. The van der Waals surface area contributed by atoms with Gasteiger partial charge in [0.2, 0.25) is 5.95 Å². The molecule has 1 aromatic rings. The summed E-state index contributed by atoms with van der Waals surface area (Å²) in [5, 5.41) is 0. The van der Waals surface area contributed by atoms with E-state index in [0.717, 1.165) is 24.8 Å². The van der Waals surface area contributed by atoms with E-state index >= 15 is 0 Å². The quantitative estimate of drug-likeness (QED) is 0.873. The maximum absolute atomic E-state index is 5.63. The fourth-order valence-electron chi connectivity index (χ4n) is 2.63. The van der Waals surface area contributed by atoms with Gasteiger partial charge in [0.1, 0.15) is 5.82 Å². The van der Waals surface area contributed by atoms with E-state index in [4.69, 9.17) is 5.73 Å². The third-order valence-corrected chi connectivity index (χ3v) is 3.53. The number of anilines is 2. The summed E-state index contributed by atoms with van der Waals surface area (Å²) >= 11 is 0. The van der Waals surface area contributed by atoms with Gasteiger partial charge >= 0.3 is 0 Å². The van der Waals surface area contributed by atoms with Gasteiger partial charge < -0.3 is 10.6 Å². The summed E-state index contributed by atoms with van der Waals surface area (Å²) < 4.78 is 0. The van der Waals surface area contributed by atoms with Crippen LogP contribution >= 0.6 is 0 Å².